The van der Waals surface area contributed by atoms with E-state index >= 15 is 0 Å². The van der Waals surface area contributed by atoms with Gasteiger partial charge in [0.15, 0.2) is 0 Å². The first-order valence-corrected chi connectivity index (χ1v) is 8.46. The molecule has 0 amide bonds. The number of aromatic nitrogens is 1. The highest BCUT2D eigenvalue weighted by molar-refractivity contribution is 9.10. The van der Waals surface area contributed by atoms with Crippen LogP contribution in [0.25, 0.3) is 0 Å². The molecule has 1 saturated carbocycles. The Morgan fingerprint density at radius 1 is 1.28 bits per heavy atom. The van der Waals surface area contributed by atoms with Crippen molar-refractivity contribution in [3.8, 4) is 0 Å². The van der Waals surface area contributed by atoms with E-state index in [1.54, 1.807) is 12.3 Å². The van der Waals surface area contributed by atoms with E-state index in [0.717, 1.165) is 12.8 Å². The fourth-order valence-electron chi connectivity index (χ4n) is 2.24. The van der Waals surface area contributed by atoms with Gasteiger partial charge in [0.2, 0.25) is 10.0 Å². The molecule has 1 aliphatic rings. The molecule has 0 bridgehead atoms. The lowest BCUT2D eigenvalue weighted by Gasteiger charge is -2.21. The molecular formula is C12H17BrN2O2S. The van der Waals surface area contributed by atoms with Crippen molar-refractivity contribution in [2.24, 2.45) is 5.92 Å². The van der Waals surface area contributed by atoms with E-state index in [1.165, 1.54) is 25.5 Å². The smallest absolute Gasteiger partial charge is 0.242 e. The molecule has 0 saturated heterocycles. The molecule has 4 nitrogen and oxygen atoms in total. The molecule has 1 N–H and O–H groups in total. The van der Waals surface area contributed by atoms with Crippen LogP contribution in [0.5, 0.6) is 0 Å². The number of nitrogens with one attached hydrogen (secondary N) is 1. The summed E-state index contributed by atoms with van der Waals surface area (Å²) in [7, 11) is -3.42. The summed E-state index contributed by atoms with van der Waals surface area (Å²) in [5, 5.41) is 0. The lowest BCUT2D eigenvalue weighted by Crippen LogP contribution is -2.30. The maximum Gasteiger partial charge on any atom is 0.242 e. The maximum absolute atomic E-state index is 12.1. The Labute approximate surface area is 116 Å². The van der Waals surface area contributed by atoms with Gasteiger partial charge in [-0.3, -0.25) is 4.98 Å². The van der Waals surface area contributed by atoms with Crippen molar-refractivity contribution in [1.82, 2.24) is 9.71 Å². The van der Waals surface area contributed by atoms with E-state index in [2.05, 4.69) is 25.6 Å². The Kier molecular flexibility index (Phi) is 4.75. The van der Waals surface area contributed by atoms with Crippen molar-refractivity contribution in [1.29, 1.82) is 0 Å². The minimum atomic E-state index is -3.42. The van der Waals surface area contributed by atoms with Gasteiger partial charge in [-0.25, -0.2) is 13.1 Å². The highest BCUT2D eigenvalue weighted by atomic mass is 79.9. The number of hydrogen-bond acceptors (Lipinski definition) is 3. The van der Waals surface area contributed by atoms with Crippen LogP contribution in [0, 0.1) is 5.92 Å². The summed E-state index contributed by atoms with van der Waals surface area (Å²) in [4.78, 5) is 4.09. The van der Waals surface area contributed by atoms with Crippen LogP contribution < -0.4 is 4.72 Å². The summed E-state index contributed by atoms with van der Waals surface area (Å²) in [5.74, 6) is 0.480. The second-order valence-electron chi connectivity index (χ2n) is 4.69. The summed E-state index contributed by atoms with van der Waals surface area (Å²) >= 11 is 3.23. The number of sulfonamides is 1. The van der Waals surface area contributed by atoms with E-state index in [4.69, 9.17) is 0 Å². The van der Waals surface area contributed by atoms with Gasteiger partial charge < -0.3 is 0 Å². The summed E-state index contributed by atoms with van der Waals surface area (Å²) in [6.07, 6.45) is 8.89. The van der Waals surface area contributed by atoms with Gasteiger partial charge in [0.1, 0.15) is 4.90 Å². The van der Waals surface area contributed by atoms with Gasteiger partial charge in [0.25, 0.3) is 0 Å². The van der Waals surface area contributed by atoms with E-state index in [9.17, 15) is 8.42 Å². The lowest BCUT2D eigenvalue weighted by atomic mass is 9.90. The molecule has 1 aliphatic carbocycles. The van der Waals surface area contributed by atoms with Crippen molar-refractivity contribution in [2.45, 2.75) is 37.0 Å². The first kappa shape index (κ1) is 14.0. The lowest BCUT2D eigenvalue weighted by molar-refractivity contribution is 0.357. The Morgan fingerprint density at radius 3 is 2.67 bits per heavy atom. The number of halogens is 1. The van der Waals surface area contributed by atoms with Gasteiger partial charge in [-0.05, 0) is 40.8 Å². The number of nitrogens with zero attached hydrogens (tertiary/aromatic N) is 1. The molecule has 1 aromatic rings. The van der Waals surface area contributed by atoms with Gasteiger partial charge in [0.05, 0.1) is 0 Å². The summed E-state index contributed by atoms with van der Waals surface area (Å²) < 4.78 is 27.5. The number of rotatable bonds is 4. The largest absolute Gasteiger partial charge is 0.262 e. The first-order chi connectivity index (χ1) is 8.58. The molecule has 0 atom stereocenters. The van der Waals surface area contributed by atoms with Crippen LogP contribution in [0.4, 0.5) is 0 Å². The molecule has 1 fully saturated rings. The van der Waals surface area contributed by atoms with Crippen LogP contribution in [0.1, 0.15) is 32.1 Å². The first-order valence-electron chi connectivity index (χ1n) is 6.18. The van der Waals surface area contributed by atoms with E-state index in [0.29, 0.717) is 16.9 Å². The molecule has 0 aromatic carbocycles. The highest BCUT2D eigenvalue weighted by Gasteiger charge is 2.19. The number of hydrogen-bond donors (Lipinski definition) is 1. The Hall–Kier alpha value is -0.460. The van der Waals surface area contributed by atoms with Crippen molar-refractivity contribution in [2.75, 3.05) is 6.54 Å². The van der Waals surface area contributed by atoms with E-state index in [1.807, 2.05) is 0 Å². The fourth-order valence-corrected chi connectivity index (χ4v) is 3.86. The Balaban J connectivity index is 1.98. The van der Waals surface area contributed by atoms with Gasteiger partial charge in [-0.1, -0.05) is 19.3 Å². The van der Waals surface area contributed by atoms with Crippen molar-refractivity contribution >= 4 is 26.0 Å². The molecule has 18 heavy (non-hydrogen) atoms. The second kappa shape index (κ2) is 6.12. The van der Waals surface area contributed by atoms with Crippen LogP contribution in [-0.4, -0.2) is 19.9 Å². The highest BCUT2D eigenvalue weighted by Crippen LogP contribution is 2.23. The van der Waals surface area contributed by atoms with E-state index < -0.39 is 10.0 Å². The molecule has 0 unspecified atom stereocenters. The minimum Gasteiger partial charge on any atom is -0.262 e. The van der Waals surface area contributed by atoms with Crippen molar-refractivity contribution in [3.63, 3.8) is 0 Å². The average molecular weight is 333 g/mol. The van der Waals surface area contributed by atoms with Crippen LogP contribution in [0.15, 0.2) is 27.8 Å². The predicted octanol–water partition coefficient (Wildman–Crippen LogP) is 2.70. The fraction of sp³-hybridized carbons (Fsp3) is 0.583. The zero-order valence-corrected chi connectivity index (χ0v) is 12.5. The zero-order valence-electron chi connectivity index (χ0n) is 10.1. The van der Waals surface area contributed by atoms with Crippen molar-refractivity contribution < 1.29 is 8.42 Å². The summed E-state index contributed by atoms with van der Waals surface area (Å²) in [5.41, 5.74) is 0. The third-order valence-electron chi connectivity index (χ3n) is 3.28. The van der Waals surface area contributed by atoms with Crippen LogP contribution in [0.3, 0.4) is 0 Å². The van der Waals surface area contributed by atoms with Gasteiger partial charge in [-0.15, -0.1) is 0 Å². The molecule has 0 aliphatic heterocycles. The van der Waals surface area contributed by atoms with Gasteiger partial charge >= 0.3 is 0 Å². The van der Waals surface area contributed by atoms with Crippen LogP contribution >= 0.6 is 15.9 Å². The topological polar surface area (TPSA) is 59.1 Å². The van der Waals surface area contributed by atoms with Gasteiger partial charge in [-0.2, -0.15) is 0 Å². The summed E-state index contributed by atoms with van der Waals surface area (Å²) in [6, 6.07) is 1.57. The normalized spacial score (nSPS) is 17.8. The molecule has 6 heteroatoms. The summed E-state index contributed by atoms with van der Waals surface area (Å²) in [6.45, 7) is 0.537. The average Bonchev–Trinajstić information content (AvgIpc) is 2.38. The van der Waals surface area contributed by atoms with Crippen molar-refractivity contribution in [3.05, 3.63) is 22.9 Å². The third kappa shape index (κ3) is 3.76. The molecular weight excluding hydrogens is 316 g/mol. The molecule has 1 aromatic heterocycles. The zero-order chi connectivity index (χ0) is 13.0. The Bertz CT molecular complexity index is 499. The Morgan fingerprint density at radius 2 is 2.00 bits per heavy atom. The molecule has 0 spiro atoms. The van der Waals surface area contributed by atoms with Gasteiger partial charge in [0, 0.05) is 23.4 Å². The second-order valence-corrected chi connectivity index (χ2v) is 7.38. The van der Waals surface area contributed by atoms with Crippen LogP contribution in [-0.2, 0) is 10.0 Å². The molecule has 100 valence electrons. The predicted molar refractivity (Wildman–Crippen MR) is 73.7 cm³/mol. The third-order valence-corrected chi connectivity index (χ3v) is 5.10. The molecule has 0 radical (unpaired) electrons. The number of pyridine rings is 1. The maximum atomic E-state index is 12.1. The molecule has 2 rings (SSSR count). The molecule has 1 heterocycles. The SMILES string of the molecule is O=S(=O)(NCC1CCCCC1)c1cncc(Br)c1. The van der Waals surface area contributed by atoms with Crippen LogP contribution in [0.2, 0.25) is 0 Å². The quantitative estimate of drug-likeness (QED) is 0.922. The van der Waals surface area contributed by atoms with E-state index in [-0.39, 0.29) is 4.90 Å². The minimum absolute atomic E-state index is 0.215. The monoisotopic (exact) mass is 332 g/mol. The standard InChI is InChI=1S/C12H17BrN2O2S/c13-11-6-12(9-14-8-11)18(16,17)15-7-10-4-2-1-3-5-10/h6,8-10,15H,1-5,7H2.